The van der Waals surface area contributed by atoms with E-state index < -0.39 is 0 Å². The van der Waals surface area contributed by atoms with E-state index in [1.807, 2.05) is 36.4 Å². The summed E-state index contributed by atoms with van der Waals surface area (Å²) in [4.78, 5) is 11.5. The number of benzene rings is 2. The van der Waals surface area contributed by atoms with Gasteiger partial charge in [0.05, 0.1) is 13.2 Å². The highest BCUT2D eigenvalue weighted by Crippen LogP contribution is 2.60. The number of esters is 1. The van der Waals surface area contributed by atoms with Crippen molar-refractivity contribution in [2.75, 3.05) is 7.11 Å². The molecule has 4 aliphatic rings. The van der Waals surface area contributed by atoms with E-state index in [0.717, 1.165) is 55.8 Å². The molecular formula is C33H40O5. The van der Waals surface area contributed by atoms with Gasteiger partial charge in [0.1, 0.15) is 23.5 Å². The van der Waals surface area contributed by atoms with E-state index in [2.05, 4.69) is 18.9 Å². The summed E-state index contributed by atoms with van der Waals surface area (Å²) in [6, 6.07) is 13.5. The van der Waals surface area contributed by atoms with Gasteiger partial charge >= 0.3 is 5.97 Å². The molecule has 3 aliphatic carbocycles. The van der Waals surface area contributed by atoms with E-state index in [4.69, 9.17) is 15.9 Å². The summed E-state index contributed by atoms with van der Waals surface area (Å²) < 4.78 is 10.3. The second kappa shape index (κ2) is 11.0. The molecule has 0 amide bonds. The summed E-state index contributed by atoms with van der Waals surface area (Å²) >= 11 is 0. The fourth-order valence-electron chi connectivity index (χ4n) is 7.70. The van der Waals surface area contributed by atoms with Crippen LogP contribution in [0.4, 0.5) is 0 Å². The molecule has 2 N–H and O–H groups in total. The fourth-order valence-corrected chi connectivity index (χ4v) is 7.70. The first-order chi connectivity index (χ1) is 18.4. The fraction of sp³-hybridized carbons (Fsp3) is 0.545. The first-order valence-corrected chi connectivity index (χ1v) is 14.1. The molecule has 0 unspecified atom stereocenters. The molecule has 2 aromatic carbocycles. The lowest BCUT2D eigenvalue weighted by Crippen LogP contribution is -2.43. The molecule has 2 saturated carbocycles. The van der Waals surface area contributed by atoms with Crippen LogP contribution < -0.4 is 4.74 Å². The van der Waals surface area contributed by atoms with Gasteiger partial charge in [-0.15, -0.1) is 12.3 Å². The number of methoxy groups -OCH3 is 1. The summed E-state index contributed by atoms with van der Waals surface area (Å²) in [6.07, 6.45) is 14.4. The van der Waals surface area contributed by atoms with Crippen LogP contribution in [0.25, 0.3) is 0 Å². The van der Waals surface area contributed by atoms with E-state index in [1.54, 1.807) is 7.11 Å². The zero-order chi connectivity index (χ0) is 26.9. The van der Waals surface area contributed by atoms with E-state index >= 15 is 0 Å². The highest BCUT2D eigenvalue weighted by atomic mass is 16.6. The monoisotopic (exact) mass is 516 g/mol. The number of ether oxygens (including phenoxy) is 2. The van der Waals surface area contributed by atoms with Crippen LogP contribution in [0, 0.1) is 29.6 Å². The van der Waals surface area contributed by atoms with Crippen molar-refractivity contribution in [2.24, 2.45) is 17.3 Å². The molecule has 5 nitrogen and oxygen atoms in total. The van der Waals surface area contributed by atoms with Gasteiger partial charge in [-0.05, 0) is 115 Å². The van der Waals surface area contributed by atoms with Crippen molar-refractivity contribution in [3.63, 3.8) is 0 Å². The molecule has 0 spiro atoms. The van der Waals surface area contributed by atoms with Gasteiger partial charge in [0.15, 0.2) is 0 Å². The van der Waals surface area contributed by atoms with Gasteiger partial charge in [-0.1, -0.05) is 25.1 Å². The molecule has 3 fully saturated rings. The van der Waals surface area contributed by atoms with Crippen molar-refractivity contribution in [1.82, 2.24) is 0 Å². The van der Waals surface area contributed by atoms with Gasteiger partial charge in [0.25, 0.3) is 0 Å². The third-order valence-corrected chi connectivity index (χ3v) is 9.84. The van der Waals surface area contributed by atoms with Crippen molar-refractivity contribution in [2.45, 2.75) is 88.8 Å². The van der Waals surface area contributed by atoms with E-state index in [-0.39, 0.29) is 29.5 Å². The first-order valence-electron chi connectivity index (χ1n) is 14.1. The van der Waals surface area contributed by atoms with Crippen molar-refractivity contribution < 1.29 is 24.5 Å². The lowest BCUT2D eigenvalue weighted by molar-refractivity contribution is -0.175. The van der Waals surface area contributed by atoms with Gasteiger partial charge in [-0.3, -0.25) is 4.79 Å². The Labute approximate surface area is 226 Å². The highest BCUT2D eigenvalue weighted by molar-refractivity contribution is 5.84. The number of cyclic esters (lactones) is 1. The van der Waals surface area contributed by atoms with Gasteiger partial charge in [0.2, 0.25) is 0 Å². The normalized spacial score (nSPS) is 32.7. The summed E-state index contributed by atoms with van der Waals surface area (Å²) in [5.74, 6) is 5.58. The molecular weight excluding hydrogens is 476 g/mol. The van der Waals surface area contributed by atoms with Crippen LogP contribution >= 0.6 is 0 Å². The summed E-state index contributed by atoms with van der Waals surface area (Å²) in [5, 5.41) is 20.0. The predicted octanol–water partition coefficient (Wildman–Crippen LogP) is 6.12. The van der Waals surface area contributed by atoms with Gasteiger partial charge in [-0.2, -0.15) is 0 Å². The number of carbonyl (C=O) groups excluding carboxylic acids is 1. The molecule has 1 saturated heterocycles. The van der Waals surface area contributed by atoms with E-state index in [0.29, 0.717) is 17.6 Å². The Morgan fingerprint density at radius 3 is 2.63 bits per heavy atom. The Balaban J connectivity index is 0.000000156. The van der Waals surface area contributed by atoms with Crippen molar-refractivity contribution in [1.29, 1.82) is 0 Å². The maximum absolute atomic E-state index is 11.5. The van der Waals surface area contributed by atoms with Crippen LogP contribution in [0.15, 0.2) is 42.5 Å². The van der Waals surface area contributed by atoms with Crippen LogP contribution in [0.3, 0.4) is 0 Å². The number of phenols is 1. The minimum absolute atomic E-state index is 0.0285. The highest BCUT2D eigenvalue weighted by Gasteiger charge is 2.54. The minimum atomic E-state index is -0.147. The predicted molar refractivity (Wildman–Crippen MR) is 147 cm³/mol. The largest absolute Gasteiger partial charge is 0.508 e. The molecule has 0 radical (unpaired) electrons. The summed E-state index contributed by atoms with van der Waals surface area (Å²) in [7, 11) is 1.62. The second-order valence-electron chi connectivity index (χ2n) is 11.8. The number of aromatic hydroxyl groups is 1. The van der Waals surface area contributed by atoms with Crippen molar-refractivity contribution >= 4 is 5.97 Å². The smallest absolute Gasteiger partial charge is 0.317 e. The molecule has 5 heteroatoms. The zero-order valence-corrected chi connectivity index (χ0v) is 22.6. The van der Waals surface area contributed by atoms with Crippen molar-refractivity contribution in [3.8, 4) is 23.8 Å². The molecule has 0 bridgehead atoms. The SMILES string of the molecule is C#CCCC[C@H]1OC(=O)[C@@H]1c1ccc(OC)cc1.C[C@]12CC[C@@H]3c4ccc(O)cc4CC[C@H]3[C@@H]1CC[C@@H]2O. The number of aliphatic hydroxyl groups excluding tert-OH is 1. The van der Waals surface area contributed by atoms with Crippen molar-refractivity contribution in [3.05, 3.63) is 59.2 Å². The summed E-state index contributed by atoms with van der Waals surface area (Å²) in [6.45, 7) is 2.32. The Morgan fingerprint density at radius 1 is 1.13 bits per heavy atom. The van der Waals surface area contributed by atoms with Gasteiger partial charge in [-0.25, -0.2) is 0 Å². The second-order valence-corrected chi connectivity index (χ2v) is 11.8. The number of hydrogen-bond donors (Lipinski definition) is 2. The lowest BCUT2D eigenvalue weighted by atomic mass is 9.55. The first kappa shape index (κ1) is 26.6. The minimum Gasteiger partial charge on any atom is -0.508 e. The molecule has 0 aromatic heterocycles. The molecule has 1 aliphatic heterocycles. The number of fused-ring (bicyclic) bond motifs is 5. The lowest BCUT2D eigenvalue weighted by Gasteiger charge is -2.50. The number of rotatable bonds is 5. The maximum atomic E-state index is 11.5. The standard InChI is InChI=1S/C18H24O2.C15H16O3/c1-18-9-8-14-13-5-3-12(19)10-11(13)2-4-15(14)16(18)6-7-17(18)20;1-3-4-5-6-13-14(15(16)18-13)11-7-9-12(17-2)10-8-11/h3,5,10,14-17,19-20H,2,4,6-9H2,1H3;1,7-10,13-14H,4-6H2,2H3/t14-,15-,16+,17+,18+;13-,14-/m11/s1. The molecule has 7 atom stereocenters. The molecule has 2 aromatic rings. The quantitative estimate of drug-likeness (QED) is 0.285. The Morgan fingerprint density at radius 2 is 1.92 bits per heavy atom. The molecule has 38 heavy (non-hydrogen) atoms. The van der Waals surface area contributed by atoms with Gasteiger partial charge in [0, 0.05) is 6.42 Å². The van der Waals surface area contributed by atoms with Crippen LogP contribution in [0.5, 0.6) is 11.5 Å². The van der Waals surface area contributed by atoms with Crippen LogP contribution in [-0.4, -0.2) is 35.5 Å². The average Bonchev–Trinajstić information content (AvgIpc) is 3.23. The number of terminal acetylenes is 1. The van der Waals surface area contributed by atoms with Crippen LogP contribution in [0.2, 0.25) is 0 Å². The summed E-state index contributed by atoms with van der Waals surface area (Å²) in [5.41, 5.74) is 3.98. The number of hydrogen-bond acceptors (Lipinski definition) is 5. The van der Waals surface area contributed by atoms with Crippen LogP contribution in [0.1, 0.15) is 86.8 Å². The zero-order valence-electron chi connectivity index (χ0n) is 22.6. The topological polar surface area (TPSA) is 76.0 Å². The Hall–Kier alpha value is -2.97. The third kappa shape index (κ3) is 4.92. The number of aryl methyl sites for hydroxylation is 1. The number of unbranched alkanes of at least 4 members (excludes halogenated alkanes) is 1. The number of aliphatic hydroxyl groups is 1. The maximum Gasteiger partial charge on any atom is 0.317 e. The van der Waals surface area contributed by atoms with Gasteiger partial charge < -0.3 is 19.7 Å². The Kier molecular flexibility index (Phi) is 7.73. The number of phenolic OH excluding ortho intramolecular Hbond substituents is 1. The molecule has 6 rings (SSSR count). The van der Waals surface area contributed by atoms with E-state index in [1.165, 1.54) is 30.4 Å². The number of carbonyl (C=O) groups is 1. The average molecular weight is 517 g/mol. The van der Waals surface area contributed by atoms with E-state index in [9.17, 15) is 15.0 Å². The molecule has 1 heterocycles. The van der Waals surface area contributed by atoms with Crippen LogP contribution in [-0.2, 0) is 16.0 Å². The Bertz CT molecular complexity index is 1180. The molecule has 202 valence electrons. The third-order valence-electron chi connectivity index (χ3n) is 9.84.